The zero-order valence-corrected chi connectivity index (χ0v) is 11.7. The predicted molar refractivity (Wildman–Crippen MR) is 78.8 cm³/mol. The molecule has 1 amide bonds. The number of aromatic nitrogens is 3. The number of hydrogen-bond donors (Lipinski definition) is 3. The van der Waals surface area contributed by atoms with Crippen molar-refractivity contribution in [2.24, 2.45) is 0 Å². The van der Waals surface area contributed by atoms with Crippen molar-refractivity contribution in [2.75, 3.05) is 5.32 Å². The lowest BCUT2D eigenvalue weighted by Gasteiger charge is -2.05. The van der Waals surface area contributed by atoms with E-state index in [1.807, 2.05) is 6.07 Å². The summed E-state index contributed by atoms with van der Waals surface area (Å²) in [6.45, 7) is 0. The minimum Gasteiger partial charge on any atom is -0.326 e. The minimum atomic E-state index is -0.372. The first-order valence-corrected chi connectivity index (χ1v) is 6.56. The van der Waals surface area contributed by atoms with Crippen LogP contribution in [0.25, 0.3) is 10.9 Å². The van der Waals surface area contributed by atoms with Gasteiger partial charge in [-0.1, -0.05) is 12.1 Å². The first-order chi connectivity index (χ1) is 9.65. The highest BCUT2D eigenvalue weighted by molar-refractivity contribution is 9.10. The van der Waals surface area contributed by atoms with Crippen molar-refractivity contribution in [3.05, 3.63) is 57.0 Å². The Balaban J connectivity index is 1.99. The van der Waals surface area contributed by atoms with Crippen molar-refractivity contribution in [1.29, 1.82) is 0 Å². The second-order valence-electron chi connectivity index (χ2n) is 4.15. The molecule has 100 valence electrons. The molecule has 2 heterocycles. The van der Waals surface area contributed by atoms with Crippen LogP contribution in [0.4, 0.5) is 5.69 Å². The number of anilines is 1. The molecule has 0 aliphatic carbocycles. The number of aromatic amines is 2. The van der Waals surface area contributed by atoms with Crippen LogP contribution < -0.4 is 10.9 Å². The second-order valence-corrected chi connectivity index (χ2v) is 5.07. The molecule has 3 aromatic rings. The van der Waals surface area contributed by atoms with Crippen molar-refractivity contribution >= 4 is 38.4 Å². The number of nitrogens with one attached hydrogen (secondary N) is 3. The Labute approximate surface area is 121 Å². The lowest BCUT2D eigenvalue weighted by Crippen LogP contribution is -2.19. The third-order valence-corrected chi connectivity index (χ3v) is 3.30. The van der Waals surface area contributed by atoms with Gasteiger partial charge in [0, 0.05) is 16.1 Å². The molecule has 6 nitrogen and oxygen atoms in total. The molecule has 20 heavy (non-hydrogen) atoms. The molecule has 0 radical (unpaired) electrons. The van der Waals surface area contributed by atoms with Gasteiger partial charge in [0.05, 0.1) is 17.3 Å². The molecule has 0 aliphatic heterocycles. The number of carbonyl (C=O) groups excluding carboxylic acids is 1. The molecular weight excluding hydrogens is 324 g/mol. The fourth-order valence-corrected chi connectivity index (χ4v) is 2.24. The maximum absolute atomic E-state index is 12.3. The van der Waals surface area contributed by atoms with Gasteiger partial charge in [0.15, 0.2) is 0 Å². The Bertz CT molecular complexity index is 853. The summed E-state index contributed by atoms with van der Waals surface area (Å²) in [5.41, 5.74) is 0.884. The molecule has 3 rings (SSSR count). The number of rotatable bonds is 2. The number of nitrogens with zero attached hydrogens (tertiary/aromatic N) is 1. The van der Waals surface area contributed by atoms with Crippen LogP contribution in [-0.4, -0.2) is 21.1 Å². The average Bonchev–Trinajstić information content (AvgIpc) is 2.91. The van der Waals surface area contributed by atoms with Crippen LogP contribution in [0.2, 0.25) is 0 Å². The number of benzene rings is 1. The van der Waals surface area contributed by atoms with Crippen molar-refractivity contribution in [1.82, 2.24) is 15.2 Å². The van der Waals surface area contributed by atoms with E-state index in [9.17, 15) is 9.59 Å². The molecular formula is C13H9BrN4O2. The van der Waals surface area contributed by atoms with E-state index in [-0.39, 0.29) is 17.2 Å². The van der Waals surface area contributed by atoms with Gasteiger partial charge in [-0.3, -0.25) is 14.7 Å². The van der Waals surface area contributed by atoms with E-state index in [0.717, 1.165) is 5.39 Å². The van der Waals surface area contributed by atoms with E-state index in [1.54, 1.807) is 24.4 Å². The van der Waals surface area contributed by atoms with Gasteiger partial charge in [-0.05, 0) is 28.1 Å². The SMILES string of the molecule is O=C(Nc1cc(Br)c[nH]c1=O)c1cccc2cn[nH]c12. The number of hydrogen-bond acceptors (Lipinski definition) is 3. The van der Waals surface area contributed by atoms with E-state index in [2.05, 4.69) is 36.4 Å². The zero-order valence-electron chi connectivity index (χ0n) is 10.1. The average molecular weight is 333 g/mol. The largest absolute Gasteiger partial charge is 0.326 e. The highest BCUT2D eigenvalue weighted by Crippen LogP contribution is 2.17. The Morgan fingerprint density at radius 1 is 1.35 bits per heavy atom. The molecule has 0 atom stereocenters. The maximum atomic E-state index is 12.3. The molecule has 1 aromatic carbocycles. The smallest absolute Gasteiger partial charge is 0.271 e. The van der Waals surface area contributed by atoms with Crippen molar-refractivity contribution < 1.29 is 4.79 Å². The maximum Gasteiger partial charge on any atom is 0.271 e. The second kappa shape index (κ2) is 4.93. The normalized spacial score (nSPS) is 10.7. The van der Waals surface area contributed by atoms with Gasteiger partial charge < -0.3 is 10.3 Å². The molecule has 0 fully saturated rings. The lowest BCUT2D eigenvalue weighted by atomic mass is 10.1. The number of halogens is 1. The third-order valence-electron chi connectivity index (χ3n) is 2.84. The van der Waals surface area contributed by atoms with Gasteiger partial charge in [0.2, 0.25) is 0 Å². The zero-order chi connectivity index (χ0) is 14.1. The fourth-order valence-electron chi connectivity index (χ4n) is 1.90. The van der Waals surface area contributed by atoms with Gasteiger partial charge in [-0.2, -0.15) is 5.10 Å². The van der Waals surface area contributed by atoms with Crippen molar-refractivity contribution in [3.63, 3.8) is 0 Å². The van der Waals surface area contributed by atoms with Gasteiger partial charge >= 0.3 is 0 Å². The number of H-pyrrole nitrogens is 2. The molecule has 0 aliphatic rings. The number of pyridine rings is 1. The van der Waals surface area contributed by atoms with Gasteiger partial charge in [0.1, 0.15) is 5.69 Å². The molecule has 0 saturated heterocycles. The van der Waals surface area contributed by atoms with Crippen molar-refractivity contribution in [2.45, 2.75) is 0 Å². The summed E-state index contributed by atoms with van der Waals surface area (Å²) in [6, 6.07) is 6.82. The van der Waals surface area contributed by atoms with E-state index in [0.29, 0.717) is 15.6 Å². The van der Waals surface area contributed by atoms with E-state index < -0.39 is 0 Å². The van der Waals surface area contributed by atoms with Crippen molar-refractivity contribution in [3.8, 4) is 0 Å². The number of fused-ring (bicyclic) bond motifs is 1. The predicted octanol–water partition coefficient (Wildman–Crippen LogP) is 2.27. The van der Waals surface area contributed by atoms with Crippen LogP contribution in [0.1, 0.15) is 10.4 Å². The van der Waals surface area contributed by atoms with Crippen LogP contribution in [-0.2, 0) is 0 Å². The monoisotopic (exact) mass is 332 g/mol. The molecule has 0 spiro atoms. The van der Waals surface area contributed by atoms with Crippen LogP contribution in [0.3, 0.4) is 0 Å². The summed E-state index contributed by atoms with van der Waals surface area (Å²) in [7, 11) is 0. The highest BCUT2D eigenvalue weighted by atomic mass is 79.9. The summed E-state index contributed by atoms with van der Waals surface area (Å²) in [4.78, 5) is 26.4. The van der Waals surface area contributed by atoms with Crippen LogP contribution in [0.15, 0.2) is 45.9 Å². The molecule has 7 heteroatoms. The minimum absolute atomic E-state index is 0.181. The summed E-state index contributed by atoms with van der Waals surface area (Å²) >= 11 is 3.24. The Hall–Kier alpha value is -2.41. The van der Waals surface area contributed by atoms with Gasteiger partial charge in [-0.15, -0.1) is 0 Å². The molecule has 3 N–H and O–H groups in total. The highest BCUT2D eigenvalue weighted by Gasteiger charge is 2.13. The first kappa shape index (κ1) is 12.6. The first-order valence-electron chi connectivity index (χ1n) is 5.77. The Kier molecular flexibility index (Phi) is 3.11. The quantitative estimate of drug-likeness (QED) is 0.672. The standard InChI is InChI=1S/C13H9BrN4O2/c14-8-4-10(13(20)15-6-8)17-12(19)9-3-1-2-7-5-16-18-11(7)9/h1-6H,(H,15,20)(H,16,18)(H,17,19). The molecule has 0 bridgehead atoms. The van der Waals surface area contributed by atoms with E-state index in [4.69, 9.17) is 0 Å². The molecule has 0 saturated carbocycles. The summed E-state index contributed by atoms with van der Waals surface area (Å²) in [5.74, 6) is -0.372. The molecule has 0 unspecified atom stereocenters. The van der Waals surface area contributed by atoms with Gasteiger partial charge in [-0.25, -0.2) is 0 Å². The summed E-state index contributed by atoms with van der Waals surface area (Å²) < 4.78 is 0.673. The van der Waals surface area contributed by atoms with Crippen LogP contribution in [0.5, 0.6) is 0 Å². The number of amides is 1. The van der Waals surface area contributed by atoms with Gasteiger partial charge in [0.25, 0.3) is 11.5 Å². The number of carbonyl (C=O) groups is 1. The lowest BCUT2D eigenvalue weighted by molar-refractivity contribution is 0.102. The van der Waals surface area contributed by atoms with E-state index in [1.165, 1.54) is 6.20 Å². The number of para-hydroxylation sites is 1. The third kappa shape index (κ3) is 2.23. The summed E-state index contributed by atoms with van der Waals surface area (Å²) in [5, 5.41) is 10.1. The Morgan fingerprint density at radius 2 is 2.20 bits per heavy atom. The topological polar surface area (TPSA) is 90.6 Å². The Morgan fingerprint density at radius 3 is 3.05 bits per heavy atom. The fraction of sp³-hybridized carbons (Fsp3) is 0. The van der Waals surface area contributed by atoms with Crippen LogP contribution >= 0.6 is 15.9 Å². The summed E-state index contributed by atoms with van der Waals surface area (Å²) in [6.07, 6.45) is 3.14. The van der Waals surface area contributed by atoms with E-state index >= 15 is 0 Å². The molecule has 2 aromatic heterocycles. The van der Waals surface area contributed by atoms with Crippen LogP contribution in [0, 0.1) is 0 Å².